The van der Waals surface area contributed by atoms with Crippen molar-refractivity contribution in [2.24, 2.45) is 0 Å². The van der Waals surface area contributed by atoms with Gasteiger partial charge in [-0.25, -0.2) is 0 Å². The van der Waals surface area contributed by atoms with E-state index in [-0.39, 0.29) is 13.0 Å². The largest absolute Gasteiger partial charge is 0.629 e. The van der Waals surface area contributed by atoms with E-state index >= 15 is 0 Å². The van der Waals surface area contributed by atoms with Crippen LogP contribution in [0.4, 0.5) is 0 Å². The van der Waals surface area contributed by atoms with E-state index in [1.54, 1.807) is 0 Å². The van der Waals surface area contributed by atoms with Crippen molar-refractivity contribution >= 4 is 19.5 Å². The molecule has 0 saturated carbocycles. The van der Waals surface area contributed by atoms with Gasteiger partial charge < -0.3 is 14.7 Å². The fourth-order valence-corrected chi connectivity index (χ4v) is 1.61. The number of ether oxygens (including phenoxy) is 1. The highest BCUT2D eigenvalue weighted by Gasteiger charge is 2.04. The molecule has 1 N–H and O–H groups in total. The number of hydrogen-bond donors (Lipinski definition) is 1. The highest BCUT2D eigenvalue weighted by atomic mass is 31.1. The van der Waals surface area contributed by atoms with E-state index in [9.17, 15) is 9.69 Å². The first-order valence-corrected chi connectivity index (χ1v) is 6.72. The Morgan fingerprint density at radius 2 is 2.12 bits per heavy atom. The zero-order valence-electron chi connectivity index (χ0n) is 9.63. The van der Waals surface area contributed by atoms with Gasteiger partial charge in [-0.1, -0.05) is 29.8 Å². The summed E-state index contributed by atoms with van der Waals surface area (Å²) < 4.78 is 4.98. The molecule has 0 amide bonds. The third-order valence-electron chi connectivity index (χ3n) is 2.12. The van der Waals surface area contributed by atoms with E-state index in [2.05, 4.69) is 0 Å². The van der Waals surface area contributed by atoms with Crippen LogP contribution in [0, 0.1) is 6.92 Å². The zero-order chi connectivity index (χ0) is 12.7. The highest BCUT2D eigenvalue weighted by molar-refractivity contribution is 7.49. The molecular weight excluding hydrogens is 239 g/mol. The molecule has 0 spiro atoms. The normalized spacial score (nSPS) is 11.4. The van der Waals surface area contributed by atoms with Crippen molar-refractivity contribution in [3.8, 4) is 0 Å². The molecule has 0 fully saturated rings. The molecule has 0 radical (unpaired) electrons. The monoisotopic (exact) mass is 254 g/mol. The number of aliphatic hydroxyl groups is 1. The van der Waals surface area contributed by atoms with Gasteiger partial charge in [0.25, 0.3) is 0 Å². The van der Waals surface area contributed by atoms with Crippen molar-refractivity contribution in [1.82, 2.24) is 0 Å². The summed E-state index contributed by atoms with van der Waals surface area (Å²) >= 11 is 0. The fraction of sp³-hybridized carbons (Fsp3) is 0.333. The molecule has 4 nitrogen and oxygen atoms in total. The molecule has 1 unspecified atom stereocenters. The first kappa shape index (κ1) is 13.8. The molecule has 1 atom stereocenters. The van der Waals surface area contributed by atoms with Crippen LogP contribution < -0.4 is 4.89 Å². The lowest BCUT2D eigenvalue weighted by atomic mass is 10.2. The molecule has 1 aromatic rings. The second kappa shape index (κ2) is 7.17. The number of aliphatic hydroxyl groups excluding tert-OH is 1. The topological polar surface area (TPSA) is 69.6 Å². The summed E-state index contributed by atoms with van der Waals surface area (Å²) in [4.78, 5) is 22.1. The van der Waals surface area contributed by atoms with E-state index in [0.717, 1.165) is 11.1 Å². The lowest BCUT2D eigenvalue weighted by Crippen LogP contribution is -2.06. The van der Waals surface area contributed by atoms with Crippen LogP contribution in [0.5, 0.6) is 0 Å². The Morgan fingerprint density at radius 1 is 1.47 bits per heavy atom. The Bertz CT molecular complexity index is 397. The van der Waals surface area contributed by atoms with Crippen LogP contribution in [-0.4, -0.2) is 23.2 Å². The van der Waals surface area contributed by atoms with E-state index in [0.29, 0.717) is 0 Å². The summed E-state index contributed by atoms with van der Waals surface area (Å²) in [5.74, 6) is 0.828. The van der Waals surface area contributed by atoms with Crippen LogP contribution in [-0.2, 0) is 16.1 Å². The molecule has 5 heteroatoms. The lowest BCUT2D eigenvalue weighted by molar-refractivity contribution is -0.156. The summed E-state index contributed by atoms with van der Waals surface area (Å²) in [6, 6.07) is 7.66. The molecule has 0 aliphatic rings. The Labute approximate surface area is 101 Å². The quantitative estimate of drug-likeness (QED) is 0.627. The molecule has 1 rings (SSSR count). The van der Waals surface area contributed by atoms with Crippen LogP contribution in [0.1, 0.15) is 17.5 Å². The third kappa shape index (κ3) is 5.59. The highest BCUT2D eigenvalue weighted by Crippen LogP contribution is 2.08. The van der Waals surface area contributed by atoms with Crippen molar-refractivity contribution in [3.63, 3.8) is 0 Å². The average Bonchev–Trinajstić information content (AvgIpc) is 2.35. The van der Waals surface area contributed by atoms with Gasteiger partial charge in [0.1, 0.15) is 13.0 Å². The Morgan fingerprint density at radius 3 is 2.71 bits per heavy atom. The smallest absolute Gasteiger partial charge is 0.313 e. The maximum Gasteiger partial charge on any atom is 0.313 e. The molecule has 0 aliphatic heterocycles. The minimum Gasteiger partial charge on any atom is -0.629 e. The maximum atomic E-state index is 11.2. The van der Waals surface area contributed by atoms with Gasteiger partial charge in [-0.05, 0) is 12.5 Å². The summed E-state index contributed by atoms with van der Waals surface area (Å²) in [5.41, 5.74) is 2.06. The predicted octanol–water partition coefficient (Wildman–Crippen LogP) is 0.938. The van der Waals surface area contributed by atoms with E-state index < -0.39 is 20.1 Å². The summed E-state index contributed by atoms with van der Waals surface area (Å²) in [6.07, 6.45) is -0.470. The number of hydrogen-bond acceptors (Lipinski definition) is 4. The van der Waals surface area contributed by atoms with Crippen LogP contribution in [0.15, 0.2) is 24.3 Å². The molecule has 0 aromatic heterocycles. The van der Waals surface area contributed by atoms with Crippen molar-refractivity contribution in [3.05, 3.63) is 35.4 Å². The molecule has 0 bridgehead atoms. The van der Waals surface area contributed by atoms with Crippen molar-refractivity contribution in [2.45, 2.75) is 20.0 Å². The minimum atomic E-state index is -1.80. The number of esters is 1. The van der Waals surface area contributed by atoms with Gasteiger partial charge in [0.2, 0.25) is 0 Å². The lowest BCUT2D eigenvalue weighted by Gasteiger charge is -2.03. The van der Waals surface area contributed by atoms with Gasteiger partial charge in [0.15, 0.2) is 6.35 Å². The van der Waals surface area contributed by atoms with Crippen molar-refractivity contribution in [1.29, 1.82) is 0 Å². The van der Waals surface area contributed by atoms with Crippen LogP contribution in [0.3, 0.4) is 0 Å². The first-order valence-electron chi connectivity index (χ1n) is 5.21. The summed E-state index contributed by atoms with van der Waals surface area (Å²) in [7, 11) is -1.80. The standard InChI is InChI=1S/C12H15O4P/c1-10-2-4-11(5-3-10)8-16-12(14)6-7-17(15)9-13/h2-5,7,13H,6,8-9H2,1H3. The van der Waals surface area contributed by atoms with Gasteiger partial charge in [-0.3, -0.25) is 4.79 Å². The summed E-state index contributed by atoms with van der Waals surface area (Å²) in [5, 5.41) is 8.51. The number of aryl methyl sites for hydroxylation is 1. The molecule has 92 valence electrons. The molecular formula is C12H15O4P. The Hall–Kier alpha value is -1.22. The predicted molar refractivity (Wildman–Crippen MR) is 65.7 cm³/mol. The molecule has 0 aliphatic carbocycles. The maximum absolute atomic E-state index is 11.2. The number of carbonyl (C=O) groups is 1. The van der Waals surface area contributed by atoms with Crippen LogP contribution >= 0.6 is 7.77 Å². The third-order valence-corrected chi connectivity index (χ3v) is 2.99. The fourth-order valence-electron chi connectivity index (χ4n) is 1.14. The summed E-state index contributed by atoms with van der Waals surface area (Å²) in [6.45, 7) is 2.19. The van der Waals surface area contributed by atoms with E-state index in [1.807, 2.05) is 31.2 Å². The van der Waals surface area contributed by atoms with Crippen LogP contribution in [0.25, 0.3) is 0 Å². The van der Waals surface area contributed by atoms with E-state index in [1.165, 1.54) is 5.80 Å². The average molecular weight is 254 g/mol. The minimum absolute atomic E-state index is 0.0401. The van der Waals surface area contributed by atoms with Gasteiger partial charge in [0, 0.05) is 0 Å². The zero-order valence-corrected chi connectivity index (χ0v) is 10.5. The van der Waals surface area contributed by atoms with Crippen molar-refractivity contribution < 1.29 is 19.5 Å². The van der Waals surface area contributed by atoms with E-state index in [4.69, 9.17) is 9.84 Å². The molecule has 0 heterocycles. The van der Waals surface area contributed by atoms with Gasteiger partial charge in [-0.15, -0.1) is 0 Å². The van der Waals surface area contributed by atoms with Crippen molar-refractivity contribution in [2.75, 3.05) is 6.35 Å². The Balaban J connectivity index is 2.36. The molecule has 17 heavy (non-hydrogen) atoms. The van der Waals surface area contributed by atoms with Gasteiger partial charge >= 0.3 is 5.97 Å². The number of carbonyl (C=O) groups excluding carboxylic acids is 1. The Kier molecular flexibility index (Phi) is 5.84. The number of rotatable bonds is 5. The van der Waals surface area contributed by atoms with Gasteiger partial charge in [-0.2, -0.15) is 0 Å². The van der Waals surface area contributed by atoms with Crippen LogP contribution in [0.2, 0.25) is 0 Å². The number of benzene rings is 1. The van der Waals surface area contributed by atoms with Gasteiger partial charge in [0.05, 0.1) is 13.6 Å². The molecule has 0 saturated heterocycles. The molecule has 1 aromatic carbocycles. The SMILES string of the molecule is Cc1ccc(COC(=O)CC=[P+]([O-])CO)cc1. The first-order chi connectivity index (χ1) is 8.11. The second-order valence-electron chi connectivity index (χ2n) is 3.59. The second-order valence-corrected chi connectivity index (χ2v) is 5.07.